The van der Waals surface area contributed by atoms with Gasteiger partial charge in [-0.2, -0.15) is 0 Å². The minimum absolute atomic E-state index is 0.236. The van der Waals surface area contributed by atoms with Gasteiger partial charge in [0.05, 0.1) is 12.2 Å². The quantitative estimate of drug-likeness (QED) is 0.531. The highest BCUT2D eigenvalue weighted by molar-refractivity contribution is 6.30. The lowest BCUT2D eigenvalue weighted by Gasteiger charge is -2.12. The van der Waals surface area contributed by atoms with Crippen molar-refractivity contribution < 1.29 is 19.1 Å². The third-order valence-corrected chi connectivity index (χ3v) is 3.84. The van der Waals surface area contributed by atoms with E-state index in [1.807, 2.05) is 18.2 Å². The SMILES string of the molecule is CCOC(=O)CCCNC(=O)c1ccccc1OCc1ccc(Cl)cc1. The normalized spacial score (nSPS) is 10.2. The molecule has 0 fully saturated rings. The molecule has 138 valence electrons. The number of carbonyl (C=O) groups excluding carboxylic acids is 2. The van der Waals surface area contributed by atoms with Crippen LogP contribution in [0.15, 0.2) is 48.5 Å². The molecule has 0 aliphatic carbocycles. The molecule has 2 aromatic rings. The van der Waals surface area contributed by atoms with E-state index in [0.717, 1.165) is 5.56 Å². The maximum atomic E-state index is 12.4. The van der Waals surface area contributed by atoms with Gasteiger partial charge in [0, 0.05) is 18.0 Å². The lowest BCUT2D eigenvalue weighted by atomic mass is 10.1. The number of hydrogen-bond acceptors (Lipinski definition) is 4. The third-order valence-electron chi connectivity index (χ3n) is 3.59. The van der Waals surface area contributed by atoms with E-state index >= 15 is 0 Å². The van der Waals surface area contributed by atoms with Crippen LogP contribution in [0, 0.1) is 0 Å². The lowest BCUT2D eigenvalue weighted by molar-refractivity contribution is -0.143. The number of ether oxygens (including phenoxy) is 2. The smallest absolute Gasteiger partial charge is 0.305 e. The Morgan fingerprint density at radius 1 is 1.08 bits per heavy atom. The molecule has 0 spiro atoms. The zero-order valence-electron chi connectivity index (χ0n) is 14.7. The van der Waals surface area contributed by atoms with Crippen molar-refractivity contribution in [2.45, 2.75) is 26.4 Å². The average Bonchev–Trinajstić information content (AvgIpc) is 2.65. The van der Waals surface area contributed by atoms with E-state index in [9.17, 15) is 9.59 Å². The van der Waals surface area contributed by atoms with Crippen LogP contribution in [0.5, 0.6) is 5.75 Å². The maximum absolute atomic E-state index is 12.4. The van der Waals surface area contributed by atoms with Gasteiger partial charge in [0.2, 0.25) is 0 Å². The Balaban J connectivity index is 1.87. The molecule has 0 saturated carbocycles. The van der Waals surface area contributed by atoms with Gasteiger partial charge >= 0.3 is 5.97 Å². The topological polar surface area (TPSA) is 64.6 Å². The van der Waals surface area contributed by atoms with Crippen LogP contribution in [-0.2, 0) is 16.1 Å². The fourth-order valence-electron chi connectivity index (χ4n) is 2.28. The zero-order chi connectivity index (χ0) is 18.8. The first-order valence-electron chi connectivity index (χ1n) is 8.50. The van der Waals surface area contributed by atoms with Crippen LogP contribution in [0.25, 0.3) is 0 Å². The van der Waals surface area contributed by atoms with E-state index in [4.69, 9.17) is 21.1 Å². The summed E-state index contributed by atoms with van der Waals surface area (Å²) in [6.45, 7) is 2.86. The van der Waals surface area contributed by atoms with Crippen LogP contribution >= 0.6 is 11.6 Å². The second kappa shape index (κ2) is 10.5. The van der Waals surface area contributed by atoms with Crippen molar-refractivity contribution in [1.82, 2.24) is 5.32 Å². The molecule has 5 nitrogen and oxygen atoms in total. The van der Waals surface area contributed by atoms with Gasteiger partial charge in [-0.25, -0.2) is 0 Å². The van der Waals surface area contributed by atoms with Gasteiger partial charge in [0.1, 0.15) is 12.4 Å². The molecule has 0 aliphatic heterocycles. The number of rotatable bonds is 9. The molecule has 2 rings (SSSR count). The fourth-order valence-corrected chi connectivity index (χ4v) is 2.41. The Kier molecular flexibility index (Phi) is 7.96. The largest absolute Gasteiger partial charge is 0.488 e. The van der Waals surface area contributed by atoms with Crippen molar-refractivity contribution in [3.63, 3.8) is 0 Å². The molecule has 1 N–H and O–H groups in total. The van der Waals surface area contributed by atoms with Crippen LogP contribution in [0.3, 0.4) is 0 Å². The Bertz CT molecular complexity index is 731. The molecule has 0 atom stereocenters. The fraction of sp³-hybridized carbons (Fsp3) is 0.300. The molecule has 0 radical (unpaired) electrons. The van der Waals surface area contributed by atoms with Crippen LogP contribution in [0.2, 0.25) is 5.02 Å². The molecule has 0 saturated heterocycles. The summed E-state index contributed by atoms with van der Waals surface area (Å²) in [5, 5.41) is 3.46. The standard InChI is InChI=1S/C20H22ClNO4/c1-2-25-19(23)8-5-13-22-20(24)17-6-3-4-7-18(17)26-14-15-9-11-16(21)12-10-15/h3-4,6-7,9-12H,2,5,8,13-14H2,1H3,(H,22,24). The predicted octanol–water partition coefficient (Wildman–Crippen LogP) is 3.99. The first kappa shape index (κ1) is 19.8. The van der Waals surface area contributed by atoms with E-state index < -0.39 is 0 Å². The molecule has 0 aromatic heterocycles. The first-order valence-corrected chi connectivity index (χ1v) is 8.88. The molecule has 1 amide bonds. The van der Waals surface area contributed by atoms with Crippen molar-refractivity contribution in [3.8, 4) is 5.75 Å². The molecule has 0 heterocycles. The number of nitrogens with one attached hydrogen (secondary N) is 1. The summed E-state index contributed by atoms with van der Waals surface area (Å²) in [7, 11) is 0. The Labute approximate surface area is 158 Å². The molecule has 0 unspecified atom stereocenters. The highest BCUT2D eigenvalue weighted by atomic mass is 35.5. The summed E-state index contributed by atoms with van der Waals surface area (Å²) in [5.74, 6) is 0.0133. The average molecular weight is 376 g/mol. The van der Waals surface area contributed by atoms with Crippen LogP contribution in [0.1, 0.15) is 35.7 Å². The van der Waals surface area contributed by atoms with Gasteiger partial charge in [-0.05, 0) is 43.2 Å². The van der Waals surface area contributed by atoms with E-state index in [-0.39, 0.29) is 18.3 Å². The van der Waals surface area contributed by atoms with Gasteiger partial charge in [0.25, 0.3) is 5.91 Å². The second-order valence-corrected chi connectivity index (χ2v) is 6.01. The molecule has 6 heteroatoms. The summed E-state index contributed by atoms with van der Waals surface area (Å²) in [4.78, 5) is 23.7. The summed E-state index contributed by atoms with van der Waals surface area (Å²) in [6, 6.07) is 14.4. The third kappa shape index (κ3) is 6.41. The van der Waals surface area contributed by atoms with Gasteiger partial charge in [-0.1, -0.05) is 35.9 Å². The van der Waals surface area contributed by atoms with Gasteiger partial charge in [-0.15, -0.1) is 0 Å². The molecular weight excluding hydrogens is 354 g/mol. The molecule has 2 aromatic carbocycles. The van der Waals surface area contributed by atoms with E-state index in [0.29, 0.717) is 42.5 Å². The van der Waals surface area contributed by atoms with Gasteiger partial charge in [0.15, 0.2) is 0 Å². The predicted molar refractivity (Wildman–Crippen MR) is 100 cm³/mol. The number of hydrogen-bond donors (Lipinski definition) is 1. The number of amides is 1. The highest BCUT2D eigenvalue weighted by Crippen LogP contribution is 2.20. The van der Waals surface area contributed by atoms with Crippen LogP contribution < -0.4 is 10.1 Å². The van der Waals surface area contributed by atoms with Crippen LogP contribution in [-0.4, -0.2) is 25.0 Å². The number of esters is 1. The van der Waals surface area contributed by atoms with E-state index in [2.05, 4.69) is 5.32 Å². The Morgan fingerprint density at radius 3 is 2.54 bits per heavy atom. The summed E-state index contributed by atoms with van der Waals surface area (Å²) >= 11 is 5.87. The van der Waals surface area contributed by atoms with E-state index in [1.165, 1.54) is 0 Å². The maximum Gasteiger partial charge on any atom is 0.305 e. The lowest BCUT2D eigenvalue weighted by Crippen LogP contribution is -2.25. The first-order chi connectivity index (χ1) is 12.6. The number of halogens is 1. The van der Waals surface area contributed by atoms with Crippen molar-refractivity contribution in [2.24, 2.45) is 0 Å². The van der Waals surface area contributed by atoms with Crippen molar-refractivity contribution >= 4 is 23.5 Å². The minimum atomic E-state index is -0.256. The van der Waals surface area contributed by atoms with Crippen molar-refractivity contribution in [3.05, 3.63) is 64.7 Å². The van der Waals surface area contributed by atoms with Crippen molar-refractivity contribution in [2.75, 3.05) is 13.2 Å². The van der Waals surface area contributed by atoms with Crippen molar-refractivity contribution in [1.29, 1.82) is 0 Å². The number of para-hydroxylation sites is 1. The zero-order valence-corrected chi connectivity index (χ0v) is 15.4. The molecule has 26 heavy (non-hydrogen) atoms. The summed E-state index contributed by atoms with van der Waals surface area (Å²) in [5.41, 5.74) is 1.41. The summed E-state index contributed by atoms with van der Waals surface area (Å²) in [6.07, 6.45) is 0.807. The Hall–Kier alpha value is -2.53. The van der Waals surface area contributed by atoms with Crippen LogP contribution in [0.4, 0.5) is 0 Å². The molecular formula is C20H22ClNO4. The van der Waals surface area contributed by atoms with E-state index in [1.54, 1.807) is 37.3 Å². The van der Waals surface area contributed by atoms with Gasteiger partial charge in [-0.3, -0.25) is 9.59 Å². The molecule has 0 aliphatic rings. The summed E-state index contributed by atoms with van der Waals surface area (Å²) < 4.78 is 10.6. The minimum Gasteiger partial charge on any atom is -0.488 e. The second-order valence-electron chi connectivity index (χ2n) is 5.58. The molecule has 0 bridgehead atoms. The number of benzene rings is 2. The van der Waals surface area contributed by atoms with Gasteiger partial charge < -0.3 is 14.8 Å². The monoisotopic (exact) mass is 375 g/mol. The Morgan fingerprint density at radius 2 is 1.81 bits per heavy atom. The number of carbonyl (C=O) groups is 2. The highest BCUT2D eigenvalue weighted by Gasteiger charge is 2.12.